The zero-order valence-corrected chi connectivity index (χ0v) is 16.2. The van der Waals surface area contributed by atoms with Crippen LogP contribution < -0.4 is 5.32 Å². The van der Waals surface area contributed by atoms with E-state index < -0.39 is 0 Å². The van der Waals surface area contributed by atoms with E-state index in [1.165, 1.54) is 5.56 Å². The minimum Gasteiger partial charge on any atom is -0.508 e. The molecule has 0 bridgehead atoms. The van der Waals surface area contributed by atoms with Crippen LogP contribution in [-0.4, -0.2) is 29.8 Å². The van der Waals surface area contributed by atoms with E-state index >= 15 is 0 Å². The summed E-state index contributed by atoms with van der Waals surface area (Å²) in [4.78, 5) is 12.3. The Kier molecular flexibility index (Phi) is 5.85. The summed E-state index contributed by atoms with van der Waals surface area (Å²) < 4.78 is 5.95. The lowest BCUT2D eigenvalue weighted by atomic mass is 9.67. The molecule has 1 aliphatic rings. The molecule has 2 N–H and O–H groups in total. The van der Waals surface area contributed by atoms with Crippen molar-refractivity contribution in [1.82, 2.24) is 5.32 Å². The standard InChI is InChI=1S/C23H29NO3/c1-22(2)17-23(12-14-27-22,19-8-4-3-5-9-19)11-13-24-21(26)16-18-7-6-10-20(25)15-18/h3-10,15,25H,11-14,16-17H2,1-2H3,(H,24,26). The molecule has 0 spiro atoms. The summed E-state index contributed by atoms with van der Waals surface area (Å²) in [5.74, 6) is 0.169. The predicted molar refractivity (Wildman–Crippen MR) is 107 cm³/mol. The minimum absolute atomic E-state index is 0.0152. The number of hydrogen-bond donors (Lipinski definition) is 2. The molecule has 1 unspecified atom stereocenters. The van der Waals surface area contributed by atoms with Crippen molar-refractivity contribution in [3.63, 3.8) is 0 Å². The highest BCUT2D eigenvalue weighted by Gasteiger charge is 2.41. The molecule has 144 valence electrons. The number of phenols is 1. The molecule has 1 heterocycles. The van der Waals surface area contributed by atoms with E-state index in [4.69, 9.17) is 4.74 Å². The predicted octanol–water partition coefficient (Wildman–Crippen LogP) is 3.97. The molecule has 1 fully saturated rings. The third kappa shape index (κ3) is 5.10. The van der Waals surface area contributed by atoms with Crippen LogP contribution in [0.15, 0.2) is 54.6 Å². The Labute approximate surface area is 161 Å². The van der Waals surface area contributed by atoms with Crippen LogP contribution >= 0.6 is 0 Å². The minimum atomic E-state index is -0.167. The van der Waals surface area contributed by atoms with Crippen molar-refractivity contribution in [3.8, 4) is 5.75 Å². The van der Waals surface area contributed by atoms with Gasteiger partial charge in [-0.15, -0.1) is 0 Å². The third-order valence-electron chi connectivity index (χ3n) is 5.42. The molecule has 0 saturated carbocycles. The van der Waals surface area contributed by atoms with E-state index in [9.17, 15) is 9.90 Å². The topological polar surface area (TPSA) is 58.6 Å². The summed E-state index contributed by atoms with van der Waals surface area (Å²) in [6, 6.07) is 17.4. The average molecular weight is 367 g/mol. The molecular formula is C23H29NO3. The fourth-order valence-electron chi connectivity index (χ4n) is 4.23. The van der Waals surface area contributed by atoms with Crippen molar-refractivity contribution in [2.24, 2.45) is 0 Å². The Morgan fingerprint density at radius 1 is 1.15 bits per heavy atom. The maximum Gasteiger partial charge on any atom is 0.224 e. The van der Waals surface area contributed by atoms with Gasteiger partial charge in [0.15, 0.2) is 0 Å². The third-order valence-corrected chi connectivity index (χ3v) is 5.42. The number of carbonyl (C=O) groups is 1. The Balaban J connectivity index is 1.64. The molecule has 3 rings (SSSR count). The molecule has 27 heavy (non-hydrogen) atoms. The van der Waals surface area contributed by atoms with Gasteiger partial charge in [0, 0.05) is 18.6 Å². The summed E-state index contributed by atoms with van der Waals surface area (Å²) in [6.45, 7) is 5.65. The molecule has 1 aliphatic heterocycles. The van der Waals surface area contributed by atoms with Gasteiger partial charge in [0.2, 0.25) is 5.91 Å². The summed E-state index contributed by atoms with van der Waals surface area (Å²) in [5.41, 5.74) is 1.99. The highest BCUT2D eigenvalue weighted by Crippen LogP contribution is 2.43. The highest BCUT2D eigenvalue weighted by atomic mass is 16.5. The first kappa shape index (κ1) is 19.4. The molecule has 0 radical (unpaired) electrons. The fourth-order valence-corrected chi connectivity index (χ4v) is 4.23. The summed E-state index contributed by atoms with van der Waals surface area (Å²) in [7, 11) is 0. The van der Waals surface area contributed by atoms with Gasteiger partial charge in [0.1, 0.15) is 5.75 Å². The SMILES string of the molecule is CC1(C)CC(CCNC(=O)Cc2cccc(O)c2)(c2ccccc2)CCO1. The highest BCUT2D eigenvalue weighted by molar-refractivity contribution is 5.78. The van der Waals surface area contributed by atoms with E-state index in [-0.39, 0.29) is 29.1 Å². The number of ether oxygens (including phenoxy) is 1. The lowest BCUT2D eigenvalue weighted by Crippen LogP contribution is -2.45. The van der Waals surface area contributed by atoms with Crippen LogP contribution in [-0.2, 0) is 21.4 Å². The first-order valence-corrected chi connectivity index (χ1v) is 9.63. The van der Waals surface area contributed by atoms with E-state index in [1.54, 1.807) is 18.2 Å². The van der Waals surface area contributed by atoms with Gasteiger partial charge in [-0.3, -0.25) is 4.79 Å². The molecule has 4 nitrogen and oxygen atoms in total. The van der Waals surface area contributed by atoms with Crippen molar-refractivity contribution < 1.29 is 14.6 Å². The Hall–Kier alpha value is -2.33. The zero-order chi connectivity index (χ0) is 19.3. The molecule has 0 aliphatic carbocycles. The maximum atomic E-state index is 12.3. The van der Waals surface area contributed by atoms with Crippen molar-refractivity contribution in [2.45, 2.75) is 50.5 Å². The molecule has 0 aromatic heterocycles. The molecule has 1 atom stereocenters. The van der Waals surface area contributed by atoms with Crippen LogP contribution in [0.5, 0.6) is 5.75 Å². The lowest BCUT2D eigenvalue weighted by Gasteiger charge is -2.45. The van der Waals surface area contributed by atoms with Gasteiger partial charge in [0.25, 0.3) is 0 Å². The van der Waals surface area contributed by atoms with Crippen molar-refractivity contribution in [1.29, 1.82) is 0 Å². The molecule has 2 aromatic carbocycles. The van der Waals surface area contributed by atoms with Gasteiger partial charge >= 0.3 is 0 Å². The number of phenolic OH excluding ortho intramolecular Hbond substituents is 1. The van der Waals surface area contributed by atoms with Crippen LogP contribution in [0, 0.1) is 0 Å². The van der Waals surface area contributed by atoms with Crippen LogP contribution in [0.2, 0.25) is 0 Å². The van der Waals surface area contributed by atoms with Crippen LogP contribution in [0.25, 0.3) is 0 Å². The summed E-state index contributed by atoms with van der Waals surface area (Å²) in [5, 5.41) is 12.6. The van der Waals surface area contributed by atoms with Gasteiger partial charge < -0.3 is 15.2 Å². The first-order chi connectivity index (χ1) is 12.9. The lowest BCUT2D eigenvalue weighted by molar-refractivity contribution is -0.120. The van der Waals surface area contributed by atoms with E-state index in [2.05, 4.69) is 43.4 Å². The summed E-state index contributed by atoms with van der Waals surface area (Å²) >= 11 is 0. The van der Waals surface area contributed by atoms with Crippen molar-refractivity contribution >= 4 is 5.91 Å². The maximum absolute atomic E-state index is 12.3. The van der Waals surface area contributed by atoms with Crippen LogP contribution in [0.4, 0.5) is 0 Å². The van der Waals surface area contributed by atoms with Crippen molar-refractivity contribution in [2.75, 3.05) is 13.2 Å². The van der Waals surface area contributed by atoms with Gasteiger partial charge in [-0.05, 0) is 56.4 Å². The number of benzene rings is 2. The van der Waals surface area contributed by atoms with Crippen molar-refractivity contribution in [3.05, 3.63) is 65.7 Å². The molecule has 1 amide bonds. The Bertz CT molecular complexity index is 772. The van der Waals surface area contributed by atoms with Gasteiger partial charge in [-0.2, -0.15) is 0 Å². The smallest absolute Gasteiger partial charge is 0.224 e. The molecule has 1 saturated heterocycles. The van der Waals surface area contributed by atoms with Gasteiger partial charge in [-0.25, -0.2) is 0 Å². The monoisotopic (exact) mass is 367 g/mol. The second-order valence-electron chi connectivity index (χ2n) is 8.13. The zero-order valence-electron chi connectivity index (χ0n) is 16.2. The quantitative estimate of drug-likeness (QED) is 0.812. The Morgan fingerprint density at radius 2 is 1.93 bits per heavy atom. The number of nitrogens with one attached hydrogen (secondary N) is 1. The first-order valence-electron chi connectivity index (χ1n) is 9.63. The van der Waals surface area contributed by atoms with Gasteiger partial charge in [0.05, 0.1) is 12.0 Å². The summed E-state index contributed by atoms with van der Waals surface area (Å²) in [6.07, 6.45) is 3.06. The average Bonchev–Trinajstić information content (AvgIpc) is 2.61. The number of hydrogen-bond acceptors (Lipinski definition) is 3. The molecule has 2 aromatic rings. The van der Waals surface area contributed by atoms with E-state index in [0.717, 1.165) is 31.4 Å². The number of rotatable bonds is 6. The molecule has 4 heteroatoms. The number of amides is 1. The second kappa shape index (κ2) is 8.13. The van der Waals surface area contributed by atoms with Crippen LogP contribution in [0.3, 0.4) is 0 Å². The number of carbonyl (C=O) groups excluding carboxylic acids is 1. The van der Waals surface area contributed by atoms with E-state index in [0.29, 0.717) is 6.54 Å². The normalized spacial score (nSPS) is 21.6. The Morgan fingerprint density at radius 3 is 2.63 bits per heavy atom. The van der Waals surface area contributed by atoms with Crippen LogP contribution in [0.1, 0.15) is 44.2 Å². The number of aromatic hydroxyl groups is 1. The molecular weight excluding hydrogens is 338 g/mol. The van der Waals surface area contributed by atoms with Gasteiger partial charge in [-0.1, -0.05) is 42.5 Å². The fraction of sp³-hybridized carbons (Fsp3) is 0.435. The van der Waals surface area contributed by atoms with E-state index in [1.807, 2.05) is 12.1 Å². The second-order valence-corrected chi connectivity index (χ2v) is 8.13. The largest absolute Gasteiger partial charge is 0.508 e.